The molecule has 0 aliphatic carbocycles. The van der Waals surface area contributed by atoms with Crippen molar-refractivity contribution in [3.63, 3.8) is 0 Å². The average Bonchev–Trinajstić information content (AvgIpc) is 2.45. The van der Waals surface area contributed by atoms with Crippen LogP contribution in [-0.2, 0) is 25.5 Å². The maximum Gasteiger partial charge on any atom is 0.307 e. The molecule has 21 heavy (non-hydrogen) atoms. The Labute approximate surface area is 124 Å². The number of para-hydroxylation sites is 1. The molecule has 0 aliphatic rings. The van der Waals surface area contributed by atoms with E-state index in [4.69, 9.17) is 14.6 Å². The van der Waals surface area contributed by atoms with E-state index in [1.165, 1.54) is 0 Å². The summed E-state index contributed by atoms with van der Waals surface area (Å²) in [5.74, 6) is -1.26. The van der Waals surface area contributed by atoms with Gasteiger partial charge < -0.3 is 19.9 Å². The van der Waals surface area contributed by atoms with Crippen LogP contribution in [0, 0.1) is 0 Å². The molecule has 116 valence electrons. The topological polar surface area (TPSA) is 84.9 Å². The van der Waals surface area contributed by atoms with Crippen LogP contribution in [0.2, 0.25) is 0 Å². The Morgan fingerprint density at radius 1 is 1.29 bits per heavy atom. The first-order valence-corrected chi connectivity index (χ1v) is 6.84. The lowest BCUT2D eigenvalue weighted by molar-refractivity contribution is -0.136. The second kappa shape index (κ2) is 9.10. The fourth-order valence-electron chi connectivity index (χ4n) is 1.70. The largest absolute Gasteiger partial charge is 0.481 e. The number of anilines is 1. The second-order valence-electron chi connectivity index (χ2n) is 4.43. The van der Waals surface area contributed by atoms with Gasteiger partial charge in [0, 0.05) is 12.3 Å². The molecular formula is C15H21NO5. The lowest BCUT2D eigenvalue weighted by Crippen LogP contribution is -2.29. The van der Waals surface area contributed by atoms with Gasteiger partial charge in [0.25, 0.3) is 5.91 Å². The fraction of sp³-hybridized carbons (Fsp3) is 0.467. The molecule has 0 heterocycles. The summed E-state index contributed by atoms with van der Waals surface area (Å²) in [7, 11) is 0. The minimum atomic E-state index is -0.947. The predicted molar refractivity (Wildman–Crippen MR) is 78.3 cm³/mol. The predicted octanol–water partition coefficient (Wildman–Crippen LogP) is 1.69. The first-order chi connectivity index (χ1) is 10.0. The summed E-state index contributed by atoms with van der Waals surface area (Å²) < 4.78 is 10.5. The van der Waals surface area contributed by atoms with Gasteiger partial charge in [-0.2, -0.15) is 0 Å². The number of carbonyl (C=O) groups is 2. The van der Waals surface area contributed by atoms with E-state index in [-0.39, 0.29) is 12.3 Å². The zero-order valence-corrected chi connectivity index (χ0v) is 12.3. The van der Waals surface area contributed by atoms with Crippen LogP contribution in [0.4, 0.5) is 5.69 Å². The SMILES string of the molecule is CCOCCOC(C)C(=O)Nc1ccccc1CC(=O)O. The standard InChI is InChI=1S/C15H21NO5/c1-3-20-8-9-21-11(2)15(19)16-13-7-5-4-6-12(13)10-14(17)18/h4-7,11H,3,8-10H2,1-2H3,(H,16,19)(H,17,18). The van der Waals surface area contributed by atoms with Crippen molar-refractivity contribution in [1.29, 1.82) is 0 Å². The molecule has 0 saturated carbocycles. The molecular weight excluding hydrogens is 274 g/mol. The van der Waals surface area contributed by atoms with E-state index in [9.17, 15) is 9.59 Å². The molecule has 6 heteroatoms. The number of carbonyl (C=O) groups excluding carboxylic acids is 1. The highest BCUT2D eigenvalue weighted by Gasteiger charge is 2.15. The van der Waals surface area contributed by atoms with Crippen molar-refractivity contribution in [1.82, 2.24) is 0 Å². The fourth-order valence-corrected chi connectivity index (χ4v) is 1.70. The van der Waals surface area contributed by atoms with Crippen molar-refractivity contribution in [3.05, 3.63) is 29.8 Å². The highest BCUT2D eigenvalue weighted by atomic mass is 16.5. The molecule has 0 aromatic heterocycles. The van der Waals surface area contributed by atoms with Crippen LogP contribution in [0.5, 0.6) is 0 Å². The van der Waals surface area contributed by atoms with Gasteiger partial charge in [0.2, 0.25) is 0 Å². The molecule has 0 saturated heterocycles. The van der Waals surface area contributed by atoms with Gasteiger partial charge >= 0.3 is 5.97 Å². The summed E-state index contributed by atoms with van der Waals surface area (Å²) in [5.41, 5.74) is 1.05. The number of ether oxygens (including phenoxy) is 2. The Balaban J connectivity index is 2.55. The highest BCUT2D eigenvalue weighted by Crippen LogP contribution is 2.16. The van der Waals surface area contributed by atoms with Gasteiger partial charge in [0.1, 0.15) is 6.10 Å². The zero-order valence-electron chi connectivity index (χ0n) is 12.3. The van der Waals surface area contributed by atoms with Gasteiger partial charge in [0.15, 0.2) is 0 Å². The Bertz CT molecular complexity index is 475. The summed E-state index contributed by atoms with van der Waals surface area (Å²) >= 11 is 0. The van der Waals surface area contributed by atoms with Gasteiger partial charge in [-0.3, -0.25) is 9.59 Å². The summed E-state index contributed by atoms with van der Waals surface area (Å²) in [6.07, 6.45) is -0.779. The quantitative estimate of drug-likeness (QED) is 0.677. The Morgan fingerprint density at radius 3 is 2.67 bits per heavy atom. The normalized spacial score (nSPS) is 11.9. The van der Waals surface area contributed by atoms with Crippen molar-refractivity contribution < 1.29 is 24.2 Å². The molecule has 2 N–H and O–H groups in total. The molecule has 0 aliphatic heterocycles. The number of amides is 1. The van der Waals surface area contributed by atoms with E-state index < -0.39 is 12.1 Å². The van der Waals surface area contributed by atoms with E-state index in [2.05, 4.69) is 5.32 Å². The van der Waals surface area contributed by atoms with Gasteiger partial charge in [-0.05, 0) is 25.5 Å². The van der Waals surface area contributed by atoms with Crippen LogP contribution < -0.4 is 5.32 Å². The molecule has 0 bridgehead atoms. The Kier molecular flexibility index (Phi) is 7.42. The zero-order chi connectivity index (χ0) is 15.7. The maximum atomic E-state index is 12.0. The minimum Gasteiger partial charge on any atom is -0.481 e. The number of nitrogens with one attached hydrogen (secondary N) is 1. The highest BCUT2D eigenvalue weighted by molar-refractivity contribution is 5.95. The van der Waals surface area contributed by atoms with Gasteiger partial charge in [-0.25, -0.2) is 0 Å². The minimum absolute atomic E-state index is 0.143. The van der Waals surface area contributed by atoms with Crippen LogP contribution in [0.3, 0.4) is 0 Å². The maximum absolute atomic E-state index is 12.0. The first kappa shape index (κ1) is 17.1. The van der Waals surface area contributed by atoms with Gasteiger partial charge in [0.05, 0.1) is 19.6 Å². The van der Waals surface area contributed by atoms with Crippen LogP contribution in [0.15, 0.2) is 24.3 Å². The molecule has 1 amide bonds. The third kappa shape index (κ3) is 6.37. The molecule has 6 nitrogen and oxygen atoms in total. The summed E-state index contributed by atoms with van der Waals surface area (Å²) in [5, 5.41) is 11.5. The number of hydrogen-bond acceptors (Lipinski definition) is 4. The Hall–Kier alpha value is -1.92. The average molecular weight is 295 g/mol. The monoisotopic (exact) mass is 295 g/mol. The smallest absolute Gasteiger partial charge is 0.307 e. The molecule has 1 unspecified atom stereocenters. The molecule has 1 aromatic rings. The molecule has 0 radical (unpaired) electrons. The molecule has 0 spiro atoms. The van der Waals surface area contributed by atoms with Crippen molar-refractivity contribution >= 4 is 17.6 Å². The number of aliphatic carboxylic acids is 1. The number of rotatable bonds is 9. The number of hydrogen-bond donors (Lipinski definition) is 2. The van der Waals surface area contributed by atoms with Gasteiger partial charge in [-0.1, -0.05) is 18.2 Å². The van der Waals surface area contributed by atoms with Crippen molar-refractivity contribution in [2.45, 2.75) is 26.4 Å². The van der Waals surface area contributed by atoms with Crippen molar-refractivity contribution in [2.24, 2.45) is 0 Å². The van der Waals surface area contributed by atoms with Gasteiger partial charge in [-0.15, -0.1) is 0 Å². The van der Waals surface area contributed by atoms with Crippen molar-refractivity contribution in [3.8, 4) is 0 Å². The van der Waals surface area contributed by atoms with Crippen LogP contribution >= 0.6 is 0 Å². The lowest BCUT2D eigenvalue weighted by atomic mass is 10.1. The summed E-state index contributed by atoms with van der Waals surface area (Å²) in [6.45, 7) is 4.89. The first-order valence-electron chi connectivity index (χ1n) is 6.84. The lowest BCUT2D eigenvalue weighted by Gasteiger charge is -2.15. The molecule has 1 atom stereocenters. The van der Waals surface area contributed by atoms with E-state index in [1.54, 1.807) is 31.2 Å². The molecule has 0 fully saturated rings. The van der Waals surface area contributed by atoms with Crippen LogP contribution in [0.25, 0.3) is 0 Å². The van der Waals surface area contributed by atoms with Crippen molar-refractivity contribution in [2.75, 3.05) is 25.1 Å². The summed E-state index contributed by atoms with van der Waals surface area (Å²) in [6, 6.07) is 6.81. The number of carboxylic acids is 1. The van der Waals surface area contributed by atoms with E-state index in [0.29, 0.717) is 31.1 Å². The van der Waals surface area contributed by atoms with E-state index in [0.717, 1.165) is 0 Å². The molecule has 1 aromatic carbocycles. The number of carboxylic acid groups (broad SMARTS) is 1. The second-order valence-corrected chi connectivity index (χ2v) is 4.43. The van der Waals surface area contributed by atoms with E-state index >= 15 is 0 Å². The third-order valence-electron chi connectivity index (χ3n) is 2.79. The van der Waals surface area contributed by atoms with Crippen LogP contribution in [-0.4, -0.2) is 42.9 Å². The molecule has 1 rings (SSSR count). The Morgan fingerprint density at radius 2 is 2.00 bits per heavy atom. The van der Waals surface area contributed by atoms with E-state index in [1.807, 2.05) is 6.92 Å². The van der Waals surface area contributed by atoms with Crippen LogP contribution in [0.1, 0.15) is 19.4 Å². The number of benzene rings is 1. The summed E-state index contributed by atoms with van der Waals surface area (Å²) in [4.78, 5) is 22.8. The third-order valence-corrected chi connectivity index (χ3v) is 2.79.